The fourth-order valence-corrected chi connectivity index (χ4v) is 4.50. The molecule has 0 saturated heterocycles. The summed E-state index contributed by atoms with van der Waals surface area (Å²) in [5, 5.41) is 10.0. The summed E-state index contributed by atoms with van der Waals surface area (Å²) in [4.78, 5) is 11.2. The first-order valence-electron chi connectivity index (χ1n) is 8.08. The van der Waals surface area contributed by atoms with E-state index in [9.17, 15) is 27.7 Å². The second-order valence-corrected chi connectivity index (χ2v) is 7.66. The van der Waals surface area contributed by atoms with E-state index in [2.05, 4.69) is 0 Å². The van der Waals surface area contributed by atoms with E-state index in [1.807, 2.05) is 0 Å². The van der Waals surface area contributed by atoms with E-state index in [0.717, 1.165) is 19.1 Å². The van der Waals surface area contributed by atoms with Crippen LogP contribution < -0.4 is 0 Å². The van der Waals surface area contributed by atoms with Gasteiger partial charge in [-0.25, -0.2) is 5.06 Å². The number of carbonyl (C=O) groups excluding carboxylic acids is 1. The first-order chi connectivity index (χ1) is 12.0. The molecule has 1 unspecified atom stereocenters. The maximum absolute atomic E-state index is 13.1. The van der Waals surface area contributed by atoms with Crippen LogP contribution in [0.25, 0.3) is 0 Å². The molecular formula is C16H23F3NO5P. The summed E-state index contributed by atoms with van der Waals surface area (Å²) in [6.07, 6.45) is -4.51. The maximum atomic E-state index is 13.1. The zero-order valence-corrected chi connectivity index (χ0v) is 15.7. The van der Waals surface area contributed by atoms with Gasteiger partial charge in [0.2, 0.25) is 5.91 Å². The molecule has 1 rings (SSSR count). The number of nitrogens with zero attached hydrogens (tertiary/aromatic N) is 1. The molecule has 0 heterocycles. The van der Waals surface area contributed by atoms with Crippen molar-refractivity contribution >= 4 is 13.5 Å². The molecule has 0 saturated carbocycles. The Kier molecular flexibility index (Phi) is 8.27. The van der Waals surface area contributed by atoms with Crippen LogP contribution >= 0.6 is 7.60 Å². The second kappa shape index (κ2) is 9.50. The van der Waals surface area contributed by atoms with Gasteiger partial charge in [0.25, 0.3) is 0 Å². The average molecular weight is 397 g/mol. The number of rotatable bonds is 9. The minimum atomic E-state index is -4.49. The lowest BCUT2D eigenvalue weighted by atomic mass is 10.1. The number of hydrogen-bond donors (Lipinski definition) is 1. The van der Waals surface area contributed by atoms with E-state index in [-0.39, 0.29) is 26.2 Å². The Balaban J connectivity index is 3.21. The molecule has 0 aromatic heterocycles. The predicted molar refractivity (Wildman–Crippen MR) is 88.8 cm³/mol. The van der Waals surface area contributed by atoms with Gasteiger partial charge in [-0.05, 0) is 38.0 Å². The third kappa shape index (κ3) is 6.09. The molecule has 26 heavy (non-hydrogen) atoms. The first-order valence-corrected chi connectivity index (χ1v) is 9.69. The van der Waals surface area contributed by atoms with Gasteiger partial charge in [0.05, 0.1) is 24.4 Å². The number of benzene rings is 1. The Morgan fingerprint density at radius 2 is 1.69 bits per heavy atom. The van der Waals surface area contributed by atoms with Crippen molar-refractivity contribution < 1.29 is 36.8 Å². The smallest absolute Gasteiger partial charge is 0.308 e. The Bertz CT molecular complexity index is 626. The van der Waals surface area contributed by atoms with Gasteiger partial charge in [0.1, 0.15) is 0 Å². The van der Waals surface area contributed by atoms with Crippen molar-refractivity contribution in [2.24, 2.45) is 0 Å². The van der Waals surface area contributed by atoms with Gasteiger partial charge in [-0.3, -0.25) is 14.6 Å². The molecule has 1 N–H and O–H groups in total. The van der Waals surface area contributed by atoms with Crippen molar-refractivity contribution in [2.75, 3.05) is 19.8 Å². The van der Waals surface area contributed by atoms with E-state index < -0.39 is 30.9 Å². The van der Waals surface area contributed by atoms with Crippen LogP contribution in [0.5, 0.6) is 0 Å². The minimum absolute atomic E-state index is 0.0152. The Morgan fingerprint density at radius 3 is 2.08 bits per heavy atom. The molecule has 0 spiro atoms. The Labute approximate surface area is 150 Å². The normalized spacial score (nSPS) is 13.5. The largest absolute Gasteiger partial charge is 0.416 e. The highest BCUT2D eigenvalue weighted by atomic mass is 31.2. The molecule has 0 radical (unpaired) electrons. The third-order valence-corrected chi connectivity index (χ3v) is 6.16. The third-order valence-electron chi connectivity index (χ3n) is 3.60. The highest BCUT2D eigenvalue weighted by molar-refractivity contribution is 7.54. The van der Waals surface area contributed by atoms with Crippen LogP contribution in [0.3, 0.4) is 0 Å². The molecule has 1 aromatic rings. The number of halogens is 3. The number of hydrogen-bond acceptors (Lipinski definition) is 5. The summed E-state index contributed by atoms with van der Waals surface area (Å²) < 4.78 is 62.0. The van der Waals surface area contributed by atoms with Crippen LogP contribution in [0.4, 0.5) is 13.2 Å². The zero-order chi connectivity index (χ0) is 20.0. The first kappa shape index (κ1) is 22.6. The molecule has 1 atom stereocenters. The van der Waals surface area contributed by atoms with Crippen molar-refractivity contribution in [3.63, 3.8) is 0 Å². The Hall–Kier alpha value is -1.41. The van der Waals surface area contributed by atoms with Crippen LogP contribution in [0.15, 0.2) is 24.3 Å². The molecule has 0 aliphatic heterocycles. The SMILES string of the molecule is CCOP(=O)(OCC)C(CCN(O)C(C)=O)c1ccc(C(F)(F)F)cc1. The van der Waals surface area contributed by atoms with Crippen LogP contribution in [0.2, 0.25) is 0 Å². The number of hydroxylamine groups is 2. The summed E-state index contributed by atoms with van der Waals surface area (Å²) >= 11 is 0. The molecule has 1 aromatic carbocycles. The van der Waals surface area contributed by atoms with Gasteiger partial charge in [0, 0.05) is 13.5 Å². The quantitative estimate of drug-likeness (QED) is 0.373. The topological polar surface area (TPSA) is 76.1 Å². The monoisotopic (exact) mass is 397 g/mol. The van der Waals surface area contributed by atoms with Crippen molar-refractivity contribution in [1.29, 1.82) is 0 Å². The lowest BCUT2D eigenvalue weighted by Crippen LogP contribution is -2.27. The fraction of sp³-hybridized carbons (Fsp3) is 0.562. The number of amides is 1. The molecule has 1 amide bonds. The standard InChI is InChI=1S/C16H23F3NO5P/c1-4-24-26(23,25-5-2)15(10-11-20(22)12(3)21)13-6-8-14(9-7-13)16(17,18)19/h6-9,15,22H,4-5,10-11H2,1-3H3. The minimum Gasteiger partial charge on any atom is -0.308 e. The summed E-state index contributed by atoms with van der Waals surface area (Å²) in [5.41, 5.74) is -1.46. The molecule has 148 valence electrons. The molecule has 6 nitrogen and oxygen atoms in total. The van der Waals surface area contributed by atoms with E-state index in [4.69, 9.17) is 9.05 Å². The molecule has 0 aliphatic rings. The lowest BCUT2D eigenvalue weighted by Gasteiger charge is -2.28. The summed E-state index contributed by atoms with van der Waals surface area (Å²) in [6.45, 7) is 4.35. The molecule has 0 aliphatic carbocycles. The molecule has 10 heteroatoms. The summed E-state index contributed by atoms with van der Waals surface area (Å²) in [5.74, 6) is -0.612. The highest BCUT2D eigenvalue weighted by Gasteiger charge is 2.38. The molecule has 0 bridgehead atoms. The zero-order valence-electron chi connectivity index (χ0n) is 14.8. The summed E-state index contributed by atoms with van der Waals surface area (Å²) in [6, 6.07) is 4.17. The average Bonchev–Trinajstić information content (AvgIpc) is 2.54. The van der Waals surface area contributed by atoms with Gasteiger partial charge in [-0.1, -0.05) is 12.1 Å². The van der Waals surface area contributed by atoms with Crippen molar-refractivity contribution in [2.45, 2.75) is 39.0 Å². The summed E-state index contributed by atoms with van der Waals surface area (Å²) in [7, 11) is -3.72. The van der Waals surface area contributed by atoms with Crippen molar-refractivity contribution in [3.05, 3.63) is 35.4 Å². The van der Waals surface area contributed by atoms with Gasteiger partial charge in [0.15, 0.2) is 0 Å². The van der Waals surface area contributed by atoms with Gasteiger partial charge in [-0.2, -0.15) is 13.2 Å². The Morgan fingerprint density at radius 1 is 1.19 bits per heavy atom. The van der Waals surface area contributed by atoms with Crippen molar-refractivity contribution in [1.82, 2.24) is 5.06 Å². The van der Waals surface area contributed by atoms with Gasteiger partial charge >= 0.3 is 13.8 Å². The number of carbonyl (C=O) groups is 1. The van der Waals surface area contributed by atoms with E-state index in [0.29, 0.717) is 10.6 Å². The lowest BCUT2D eigenvalue weighted by molar-refractivity contribution is -0.162. The number of alkyl halides is 3. The van der Waals surface area contributed by atoms with E-state index in [1.165, 1.54) is 12.1 Å². The molecular weight excluding hydrogens is 374 g/mol. The predicted octanol–water partition coefficient (Wildman–Crippen LogP) is 4.64. The van der Waals surface area contributed by atoms with Crippen LogP contribution in [-0.2, 0) is 24.6 Å². The van der Waals surface area contributed by atoms with E-state index in [1.54, 1.807) is 13.8 Å². The maximum Gasteiger partial charge on any atom is 0.416 e. The van der Waals surface area contributed by atoms with E-state index >= 15 is 0 Å². The fourth-order valence-electron chi connectivity index (χ4n) is 2.38. The van der Waals surface area contributed by atoms with Crippen LogP contribution in [0.1, 0.15) is 44.0 Å². The van der Waals surface area contributed by atoms with Crippen LogP contribution in [0, 0.1) is 0 Å². The van der Waals surface area contributed by atoms with Crippen LogP contribution in [-0.4, -0.2) is 35.9 Å². The molecule has 0 fully saturated rings. The second-order valence-electron chi connectivity index (χ2n) is 5.44. The van der Waals surface area contributed by atoms with Gasteiger partial charge in [-0.15, -0.1) is 0 Å². The highest BCUT2D eigenvalue weighted by Crippen LogP contribution is 2.62. The van der Waals surface area contributed by atoms with Gasteiger partial charge < -0.3 is 9.05 Å². The van der Waals surface area contributed by atoms with Crippen molar-refractivity contribution in [3.8, 4) is 0 Å².